The van der Waals surface area contributed by atoms with Gasteiger partial charge in [-0.05, 0) is 27.2 Å². The van der Waals surface area contributed by atoms with Crippen LogP contribution in [0.5, 0.6) is 0 Å². The van der Waals surface area contributed by atoms with E-state index in [9.17, 15) is 4.79 Å². The molecule has 1 atom stereocenters. The highest BCUT2D eigenvalue weighted by molar-refractivity contribution is 5.77. The molecule has 0 spiro atoms. The Kier molecular flexibility index (Phi) is 3.73. The van der Waals surface area contributed by atoms with Crippen molar-refractivity contribution in [2.75, 3.05) is 7.11 Å². The summed E-state index contributed by atoms with van der Waals surface area (Å²) in [6.07, 6.45) is 0.791. The Hall–Kier alpha value is -0.370. The zero-order valence-electron chi connectivity index (χ0n) is 8.10. The number of carbonyl (C=O) groups excluding carboxylic acids is 1. The molecule has 0 heterocycles. The second kappa shape index (κ2) is 3.86. The van der Waals surface area contributed by atoms with Crippen LogP contribution in [0.25, 0.3) is 0 Å². The first-order valence-electron chi connectivity index (χ1n) is 3.94. The molecule has 0 radical (unpaired) electrons. The number of hydrogen-bond acceptors (Lipinski definition) is 2. The highest BCUT2D eigenvalue weighted by atomic mass is 16.5. The topological polar surface area (TPSA) is 26.3 Å². The molecule has 0 amide bonds. The van der Waals surface area contributed by atoms with E-state index in [0.29, 0.717) is 0 Å². The summed E-state index contributed by atoms with van der Waals surface area (Å²) in [6.45, 7) is 7.54. The van der Waals surface area contributed by atoms with Crippen LogP contribution in [0.4, 0.5) is 0 Å². The zero-order valence-corrected chi connectivity index (χ0v) is 8.10. The Labute approximate surface area is 68.9 Å². The van der Waals surface area contributed by atoms with E-state index in [1.807, 2.05) is 20.8 Å². The lowest BCUT2D eigenvalue weighted by atomic mass is 9.92. The molecular weight excluding hydrogens is 140 g/mol. The van der Waals surface area contributed by atoms with Crippen LogP contribution in [0.2, 0.25) is 0 Å². The summed E-state index contributed by atoms with van der Waals surface area (Å²) < 4.78 is 5.21. The Bertz CT molecular complexity index is 138. The van der Waals surface area contributed by atoms with Crippen molar-refractivity contribution in [3.05, 3.63) is 0 Å². The van der Waals surface area contributed by atoms with E-state index < -0.39 is 0 Å². The Morgan fingerprint density at radius 2 is 2.00 bits per heavy atom. The first-order chi connectivity index (χ1) is 4.89. The average Bonchev–Trinajstić information content (AvgIpc) is 1.87. The molecule has 0 saturated carbocycles. The summed E-state index contributed by atoms with van der Waals surface area (Å²) >= 11 is 0. The van der Waals surface area contributed by atoms with Crippen molar-refractivity contribution in [1.29, 1.82) is 0 Å². The molecule has 66 valence electrons. The predicted octanol–water partition coefficient (Wildman–Crippen LogP) is 2.03. The Morgan fingerprint density at radius 1 is 1.55 bits per heavy atom. The van der Waals surface area contributed by atoms with Crippen LogP contribution in [-0.2, 0) is 9.53 Å². The molecule has 0 rings (SSSR count). The lowest BCUT2D eigenvalue weighted by molar-refractivity contribution is -0.122. The predicted molar refractivity (Wildman–Crippen MR) is 45.6 cm³/mol. The highest BCUT2D eigenvalue weighted by Crippen LogP contribution is 2.19. The number of hydrogen-bond donors (Lipinski definition) is 0. The van der Waals surface area contributed by atoms with Gasteiger partial charge in [-0.2, -0.15) is 0 Å². The molecule has 1 unspecified atom stereocenters. The summed E-state index contributed by atoms with van der Waals surface area (Å²) in [5.74, 6) is 0.333. The molecule has 0 fully saturated rings. The van der Waals surface area contributed by atoms with E-state index in [4.69, 9.17) is 4.74 Å². The van der Waals surface area contributed by atoms with Gasteiger partial charge in [0.15, 0.2) is 0 Å². The standard InChI is InChI=1S/C9H18O2/c1-7(8(2)10)6-9(3,4)11-5/h7H,6H2,1-5H3. The number of ether oxygens (including phenoxy) is 1. The van der Waals surface area contributed by atoms with Gasteiger partial charge in [0.2, 0.25) is 0 Å². The zero-order chi connectivity index (χ0) is 9.07. The molecule has 0 saturated heterocycles. The van der Waals surface area contributed by atoms with Gasteiger partial charge in [0.25, 0.3) is 0 Å². The summed E-state index contributed by atoms with van der Waals surface area (Å²) in [6, 6.07) is 0. The third-order valence-corrected chi connectivity index (χ3v) is 2.04. The summed E-state index contributed by atoms with van der Waals surface area (Å²) in [5.41, 5.74) is -0.176. The van der Waals surface area contributed by atoms with Crippen LogP contribution in [-0.4, -0.2) is 18.5 Å². The van der Waals surface area contributed by atoms with Crippen LogP contribution in [0, 0.1) is 5.92 Å². The van der Waals surface area contributed by atoms with Crippen LogP contribution in [0.15, 0.2) is 0 Å². The van der Waals surface area contributed by atoms with Gasteiger partial charge >= 0.3 is 0 Å². The maximum atomic E-state index is 10.9. The molecule has 0 aliphatic carbocycles. The molecule has 0 aliphatic rings. The molecule has 0 aliphatic heterocycles. The first-order valence-corrected chi connectivity index (χ1v) is 3.94. The normalized spacial score (nSPS) is 14.6. The minimum Gasteiger partial charge on any atom is -0.379 e. The van der Waals surface area contributed by atoms with Gasteiger partial charge < -0.3 is 4.74 Å². The minimum absolute atomic E-state index is 0.102. The van der Waals surface area contributed by atoms with Gasteiger partial charge in [-0.3, -0.25) is 4.79 Å². The molecule has 2 nitrogen and oxygen atoms in total. The maximum absolute atomic E-state index is 10.9. The Balaban J connectivity index is 3.93. The van der Waals surface area contributed by atoms with Crippen molar-refractivity contribution in [3.63, 3.8) is 0 Å². The number of carbonyl (C=O) groups is 1. The Morgan fingerprint density at radius 3 is 2.27 bits per heavy atom. The van der Waals surface area contributed by atoms with Gasteiger partial charge in [0.05, 0.1) is 5.60 Å². The maximum Gasteiger partial charge on any atom is 0.132 e. The molecule has 2 heteroatoms. The van der Waals surface area contributed by atoms with Crippen molar-refractivity contribution < 1.29 is 9.53 Å². The third-order valence-electron chi connectivity index (χ3n) is 2.04. The van der Waals surface area contributed by atoms with Crippen molar-refractivity contribution >= 4 is 5.78 Å². The number of methoxy groups -OCH3 is 1. The fourth-order valence-corrected chi connectivity index (χ4v) is 0.964. The van der Waals surface area contributed by atoms with Gasteiger partial charge in [0, 0.05) is 13.0 Å². The fraction of sp³-hybridized carbons (Fsp3) is 0.889. The van der Waals surface area contributed by atoms with Crippen molar-refractivity contribution in [2.45, 2.75) is 39.7 Å². The van der Waals surface area contributed by atoms with Crippen molar-refractivity contribution in [3.8, 4) is 0 Å². The SMILES string of the molecule is COC(C)(C)CC(C)C(C)=O. The summed E-state index contributed by atoms with van der Waals surface area (Å²) in [5, 5.41) is 0. The summed E-state index contributed by atoms with van der Waals surface area (Å²) in [4.78, 5) is 10.9. The quantitative estimate of drug-likeness (QED) is 0.625. The minimum atomic E-state index is -0.176. The molecule has 0 bridgehead atoms. The van der Waals surface area contributed by atoms with Crippen LogP contribution in [0.3, 0.4) is 0 Å². The van der Waals surface area contributed by atoms with Crippen LogP contribution in [0.1, 0.15) is 34.1 Å². The summed E-state index contributed by atoms with van der Waals surface area (Å²) in [7, 11) is 1.67. The highest BCUT2D eigenvalue weighted by Gasteiger charge is 2.22. The van der Waals surface area contributed by atoms with E-state index in [1.165, 1.54) is 0 Å². The fourth-order valence-electron chi connectivity index (χ4n) is 0.964. The molecular formula is C9H18O2. The van der Waals surface area contributed by atoms with Crippen LogP contribution < -0.4 is 0 Å². The van der Waals surface area contributed by atoms with E-state index in [2.05, 4.69) is 0 Å². The molecule has 0 aromatic heterocycles. The number of Topliss-reactive ketones (excluding diaryl/α,β-unsaturated/α-hetero) is 1. The average molecular weight is 158 g/mol. The van der Waals surface area contributed by atoms with Gasteiger partial charge in [-0.1, -0.05) is 6.92 Å². The monoisotopic (exact) mass is 158 g/mol. The van der Waals surface area contributed by atoms with Crippen molar-refractivity contribution in [2.24, 2.45) is 5.92 Å². The van der Waals surface area contributed by atoms with Crippen LogP contribution >= 0.6 is 0 Å². The van der Waals surface area contributed by atoms with E-state index in [1.54, 1.807) is 14.0 Å². The smallest absolute Gasteiger partial charge is 0.132 e. The molecule has 0 aromatic carbocycles. The molecule has 0 aromatic rings. The number of ketones is 1. The lowest BCUT2D eigenvalue weighted by Gasteiger charge is -2.25. The van der Waals surface area contributed by atoms with E-state index >= 15 is 0 Å². The molecule has 0 N–H and O–H groups in total. The van der Waals surface area contributed by atoms with E-state index in [-0.39, 0.29) is 17.3 Å². The second-order valence-corrected chi connectivity index (χ2v) is 3.68. The van der Waals surface area contributed by atoms with Gasteiger partial charge in [0.1, 0.15) is 5.78 Å². The second-order valence-electron chi connectivity index (χ2n) is 3.68. The van der Waals surface area contributed by atoms with E-state index in [0.717, 1.165) is 6.42 Å². The first kappa shape index (κ1) is 10.6. The largest absolute Gasteiger partial charge is 0.379 e. The third kappa shape index (κ3) is 4.14. The molecule has 11 heavy (non-hydrogen) atoms. The van der Waals surface area contributed by atoms with Gasteiger partial charge in [-0.15, -0.1) is 0 Å². The number of rotatable bonds is 4. The lowest BCUT2D eigenvalue weighted by Crippen LogP contribution is -2.27. The van der Waals surface area contributed by atoms with Gasteiger partial charge in [-0.25, -0.2) is 0 Å². The van der Waals surface area contributed by atoms with Crippen molar-refractivity contribution in [1.82, 2.24) is 0 Å².